The Labute approximate surface area is 157 Å². The number of amides is 1. The molecule has 0 unspecified atom stereocenters. The van der Waals surface area contributed by atoms with E-state index < -0.39 is 5.91 Å². The van der Waals surface area contributed by atoms with E-state index in [4.69, 9.17) is 5.73 Å². The zero-order valence-corrected chi connectivity index (χ0v) is 15.6. The molecule has 1 aromatic carbocycles. The van der Waals surface area contributed by atoms with Gasteiger partial charge in [-0.3, -0.25) is 9.59 Å². The van der Waals surface area contributed by atoms with Crippen molar-refractivity contribution < 1.29 is 4.79 Å². The average molecular weight is 366 g/mol. The largest absolute Gasteiger partial charge is 0.364 e. The Kier molecular flexibility index (Phi) is 5.73. The minimum Gasteiger partial charge on any atom is -0.364 e. The number of rotatable bonds is 8. The van der Waals surface area contributed by atoms with Crippen molar-refractivity contribution in [1.29, 1.82) is 0 Å². The number of pyridine rings is 1. The maximum atomic E-state index is 12.2. The molecule has 7 nitrogen and oxygen atoms in total. The van der Waals surface area contributed by atoms with Crippen molar-refractivity contribution in [2.45, 2.75) is 13.0 Å². The normalized spacial score (nSPS) is 11.4. The quantitative estimate of drug-likeness (QED) is 0.453. The third-order valence-electron chi connectivity index (χ3n) is 4.35. The van der Waals surface area contributed by atoms with Crippen molar-refractivity contribution >= 4 is 16.8 Å². The smallest absolute Gasteiger partial charge is 0.265 e. The van der Waals surface area contributed by atoms with E-state index in [0.29, 0.717) is 11.3 Å². The second-order valence-corrected chi connectivity index (χ2v) is 6.83. The molecular formula is C20H24N5O2. The van der Waals surface area contributed by atoms with E-state index in [-0.39, 0.29) is 11.3 Å². The fraction of sp³-hybridized carbons (Fsp3) is 0.300. The minimum absolute atomic E-state index is 0.0255. The van der Waals surface area contributed by atoms with Gasteiger partial charge in [0.2, 0.25) is 0 Å². The maximum absolute atomic E-state index is 12.2. The number of carbonyl (C=O) groups excluding carboxylic acids is 1. The highest BCUT2D eigenvalue weighted by Crippen LogP contribution is 2.23. The van der Waals surface area contributed by atoms with Gasteiger partial charge in [-0.2, -0.15) is 0 Å². The van der Waals surface area contributed by atoms with Crippen molar-refractivity contribution in [3.63, 3.8) is 0 Å². The zero-order chi connectivity index (χ0) is 19.4. The summed E-state index contributed by atoms with van der Waals surface area (Å²) in [5, 5.41) is 4.47. The van der Waals surface area contributed by atoms with Gasteiger partial charge in [-0.05, 0) is 63.4 Å². The van der Waals surface area contributed by atoms with E-state index in [1.54, 1.807) is 0 Å². The number of benzene rings is 1. The summed E-state index contributed by atoms with van der Waals surface area (Å²) in [6.07, 6.45) is 1.10. The number of fused-ring (bicyclic) bond motifs is 1. The first-order valence-corrected chi connectivity index (χ1v) is 8.86. The fourth-order valence-corrected chi connectivity index (χ4v) is 2.95. The van der Waals surface area contributed by atoms with Crippen molar-refractivity contribution in [2.75, 3.05) is 27.2 Å². The molecule has 5 N–H and O–H groups in total. The number of hydrogen-bond acceptors (Lipinski definition) is 4. The lowest BCUT2D eigenvalue weighted by atomic mass is 10.1. The lowest BCUT2D eigenvalue weighted by molar-refractivity contribution is 0.0995. The fourth-order valence-electron chi connectivity index (χ4n) is 2.95. The average Bonchev–Trinajstić information content (AvgIpc) is 3.03. The molecule has 3 rings (SSSR count). The Bertz CT molecular complexity index is 1000. The molecule has 0 saturated carbocycles. The molecular weight excluding hydrogens is 342 g/mol. The summed E-state index contributed by atoms with van der Waals surface area (Å²) in [6, 6.07) is 12.3. The van der Waals surface area contributed by atoms with Gasteiger partial charge >= 0.3 is 0 Å². The number of nitrogens with one attached hydrogen (secondary N) is 3. The summed E-state index contributed by atoms with van der Waals surface area (Å²) in [5.41, 5.74) is 7.98. The van der Waals surface area contributed by atoms with Crippen LogP contribution in [0.5, 0.6) is 0 Å². The lowest BCUT2D eigenvalue weighted by Crippen LogP contribution is -2.20. The predicted molar refractivity (Wildman–Crippen MR) is 107 cm³/mol. The summed E-state index contributed by atoms with van der Waals surface area (Å²) in [6.45, 7) is 2.82. The molecule has 2 aromatic heterocycles. The molecule has 2 heterocycles. The van der Waals surface area contributed by atoms with Crippen molar-refractivity contribution in [3.8, 4) is 11.3 Å². The van der Waals surface area contributed by atoms with Crippen LogP contribution in [-0.4, -0.2) is 48.0 Å². The van der Waals surface area contributed by atoms with Gasteiger partial charge in [0.05, 0.1) is 11.3 Å². The standard InChI is InChI=1S/C20H24N5O2/c1-25(2)9-3-8-22-12-13-4-6-16-14(10-13)11-18(23-16)15-5-7-17(19(21)26)24-20(15)27/h4-6,10-11,22-23H,3,8-9,12H2,1-2H3,(H2,21,26)(H,24,27). The Morgan fingerprint density at radius 2 is 2.07 bits per heavy atom. The number of aromatic nitrogens is 2. The van der Waals surface area contributed by atoms with Crippen LogP contribution in [0.4, 0.5) is 0 Å². The van der Waals surface area contributed by atoms with Gasteiger partial charge in [0.15, 0.2) is 0 Å². The van der Waals surface area contributed by atoms with Crippen molar-refractivity contribution in [2.24, 2.45) is 5.73 Å². The highest BCUT2D eigenvalue weighted by molar-refractivity contribution is 5.91. The van der Waals surface area contributed by atoms with Crippen LogP contribution in [0, 0.1) is 6.07 Å². The molecule has 3 aromatic rings. The van der Waals surface area contributed by atoms with Gasteiger partial charge in [-0.15, -0.1) is 0 Å². The predicted octanol–water partition coefficient (Wildman–Crippen LogP) is 1.46. The summed E-state index contributed by atoms with van der Waals surface area (Å²) in [5.74, 6) is -0.710. The molecule has 0 atom stereocenters. The summed E-state index contributed by atoms with van der Waals surface area (Å²) < 4.78 is 0. The molecule has 27 heavy (non-hydrogen) atoms. The molecule has 0 aliphatic carbocycles. The Balaban J connectivity index is 1.74. The van der Waals surface area contributed by atoms with Gasteiger partial charge in [0, 0.05) is 23.5 Å². The van der Waals surface area contributed by atoms with Crippen LogP contribution in [0.25, 0.3) is 22.2 Å². The summed E-state index contributed by atoms with van der Waals surface area (Å²) in [7, 11) is 4.14. The van der Waals surface area contributed by atoms with Crippen LogP contribution >= 0.6 is 0 Å². The number of nitrogens with two attached hydrogens (primary N) is 1. The van der Waals surface area contributed by atoms with E-state index in [1.807, 2.05) is 12.1 Å². The third kappa shape index (κ3) is 4.64. The topological polar surface area (TPSA) is 107 Å². The van der Waals surface area contributed by atoms with Gasteiger partial charge in [0.25, 0.3) is 11.5 Å². The van der Waals surface area contributed by atoms with E-state index in [2.05, 4.69) is 52.5 Å². The number of primary amides is 1. The van der Waals surface area contributed by atoms with Gasteiger partial charge in [-0.25, -0.2) is 0 Å². The molecule has 0 fully saturated rings. The van der Waals surface area contributed by atoms with Crippen LogP contribution in [0.1, 0.15) is 22.5 Å². The van der Waals surface area contributed by atoms with E-state index in [9.17, 15) is 9.59 Å². The minimum atomic E-state index is -0.710. The molecule has 0 aliphatic rings. The van der Waals surface area contributed by atoms with Crippen molar-refractivity contribution in [3.05, 3.63) is 58.0 Å². The van der Waals surface area contributed by atoms with Crippen LogP contribution in [0.2, 0.25) is 0 Å². The second-order valence-electron chi connectivity index (χ2n) is 6.83. The highest BCUT2D eigenvalue weighted by Gasteiger charge is 2.10. The zero-order valence-electron chi connectivity index (χ0n) is 15.6. The van der Waals surface area contributed by atoms with E-state index >= 15 is 0 Å². The van der Waals surface area contributed by atoms with Crippen LogP contribution in [0.3, 0.4) is 0 Å². The number of carbonyl (C=O) groups is 1. The Morgan fingerprint density at radius 3 is 2.78 bits per heavy atom. The molecule has 1 amide bonds. The van der Waals surface area contributed by atoms with Crippen LogP contribution in [-0.2, 0) is 6.54 Å². The molecule has 0 bridgehead atoms. The Hall–Kier alpha value is -2.90. The molecule has 0 spiro atoms. The first kappa shape index (κ1) is 18.9. The lowest BCUT2D eigenvalue weighted by Gasteiger charge is -2.09. The maximum Gasteiger partial charge on any atom is 0.265 e. The molecule has 0 saturated heterocycles. The van der Waals surface area contributed by atoms with Gasteiger partial charge < -0.3 is 25.9 Å². The van der Waals surface area contributed by atoms with Crippen LogP contribution in [0.15, 0.2) is 35.1 Å². The van der Waals surface area contributed by atoms with Gasteiger partial charge in [0.1, 0.15) is 5.69 Å². The Morgan fingerprint density at radius 1 is 1.26 bits per heavy atom. The number of hydrogen-bond donors (Lipinski definition) is 4. The van der Waals surface area contributed by atoms with E-state index in [0.717, 1.165) is 37.0 Å². The van der Waals surface area contributed by atoms with Crippen molar-refractivity contribution in [1.82, 2.24) is 20.2 Å². The van der Waals surface area contributed by atoms with E-state index in [1.165, 1.54) is 11.6 Å². The first-order chi connectivity index (χ1) is 12.9. The third-order valence-corrected chi connectivity index (χ3v) is 4.35. The summed E-state index contributed by atoms with van der Waals surface area (Å²) >= 11 is 0. The number of aromatic amines is 2. The molecule has 141 valence electrons. The number of nitrogens with zero attached hydrogens (tertiary/aromatic N) is 1. The van der Waals surface area contributed by atoms with Crippen LogP contribution < -0.4 is 16.6 Å². The monoisotopic (exact) mass is 366 g/mol. The van der Waals surface area contributed by atoms with Gasteiger partial charge in [-0.1, -0.05) is 6.07 Å². The molecule has 0 aliphatic heterocycles. The summed E-state index contributed by atoms with van der Waals surface area (Å²) in [4.78, 5) is 31.2. The molecule has 1 radical (unpaired) electrons. The SMILES string of the molecule is CN(C)CCCNCc1ccc2[nH]c(-c3c[c]c(C(N)=O)[nH]c3=O)cc2c1. The molecule has 7 heteroatoms. The first-order valence-electron chi connectivity index (χ1n) is 8.86. The second kappa shape index (κ2) is 8.20. The highest BCUT2D eigenvalue weighted by atomic mass is 16.1. The number of H-pyrrole nitrogens is 2.